The highest BCUT2D eigenvalue weighted by atomic mass is 16.1. The van der Waals surface area contributed by atoms with E-state index in [9.17, 15) is 4.79 Å². The molecule has 136 valence electrons. The van der Waals surface area contributed by atoms with Crippen LogP contribution in [-0.2, 0) is 0 Å². The molecule has 1 fully saturated rings. The SMILES string of the molecule is CN(CCNC(=O)c1cc2ccc3cccnc3c2[nH]1)C1CCCCC1. The topological polar surface area (TPSA) is 61.0 Å². The van der Waals surface area contributed by atoms with Crippen molar-refractivity contribution in [1.82, 2.24) is 20.2 Å². The van der Waals surface area contributed by atoms with Crippen LogP contribution in [-0.4, -0.2) is 47.0 Å². The number of hydrogen-bond donors (Lipinski definition) is 2. The van der Waals surface area contributed by atoms with Crippen molar-refractivity contribution in [2.24, 2.45) is 0 Å². The van der Waals surface area contributed by atoms with Crippen LogP contribution < -0.4 is 5.32 Å². The maximum absolute atomic E-state index is 12.5. The number of fused-ring (bicyclic) bond motifs is 3. The summed E-state index contributed by atoms with van der Waals surface area (Å²) in [6.07, 6.45) is 8.38. The van der Waals surface area contributed by atoms with Crippen molar-refractivity contribution in [3.05, 3.63) is 42.2 Å². The van der Waals surface area contributed by atoms with Gasteiger partial charge in [0.1, 0.15) is 5.69 Å². The maximum atomic E-state index is 12.5. The van der Waals surface area contributed by atoms with Crippen LogP contribution in [0.4, 0.5) is 0 Å². The zero-order chi connectivity index (χ0) is 17.9. The lowest BCUT2D eigenvalue weighted by Crippen LogP contribution is -2.39. The van der Waals surface area contributed by atoms with E-state index in [2.05, 4.69) is 27.2 Å². The first-order valence-electron chi connectivity index (χ1n) is 9.57. The minimum Gasteiger partial charge on any atom is -0.349 e. The molecule has 2 heterocycles. The lowest BCUT2D eigenvalue weighted by molar-refractivity contribution is 0.0940. The number of nitrogens with one attached hydrogen (secondary N) is 2. The van der Waals surface area contributed by atoms with Gasteiger partial charge in [0.05, 0.1) is 11.0 Å². The highest BCUT2D eigenvalue weighted by Gasteiger charge is 2.18. The summed E-state index contributed by atoms with van der Waals surface area (Å²) in [6.45, 7) is 1.56. The number of aromatic amines is 1. The number of likely N-dealkylation sites (N-methyl/N-ethyl adjacent to an activating group) is 1. The molecule has 0 bridgehead atoms. The molecule has 2 N–H and O–H groups in total. The van der Waals surface area contributed by atoms with Gasteiger partial charge in [-0.05, 0) is 32.0 Å². The van der Waals surface area contributed by atoms with Gasteiger partial charge >= 0.3 is 0 Å². The van der Waals surface area contributed by atoms with E-state index in [0.29, 0.717) is 18.3 Å². The van der Waals surface area contributed by atoms with Crippen molar-refractivity contribution >= 4 is 27.7 Å². The van der Waals surface area contributed by atoms with Crippen LogP contribution in [0.15, 0.2) is 36.5 Å². The van der Waals surface area contributed by atoms with Gasteiger partial charge in [-0.3, -0.25) is 9.78 Å². The molecule has 1 aliphatic carbocycles. The number of nitrogens with zero attached hydrogens (tertiary/aromatic N) is 2. The minimum atomic E-state index is -0.0534. The van der Waals surface area contributed by atoms with Crippen molar-refractivity contribution in [3.63, 3.8) is 0 Å². The van der Waals surface area contributed by atoms with Gasteiger partial charge < -0.3 is 15.2 Å². The summed E-state index contributed by atoms with van der Waals surface area (Å²) in [5, 5.41) is 5.13. The molecule has 5 heteroatoms. The zero-order valence-electron chi connectivity index (χ0n) is 15.3. The molecule has 0 atom stereocenters. The third kappa shape index (κ3) is 3.44. The van der Waals surface area contributed by atoms with Gasteiger partial charge in [-0.1, -0.05) is 37.5 Å². The molecule has 0 radical (unpaired) electrons. The summed E-state index contributed by atoms with van der Waals surface area (Å²) in [5.41, 5.74) is 2.42. The monoisotopic (exact) mass is 350 g/mol. The molecule has 1 amide bonds. The fraction of sp³-hybridized carbons (Fsp3) is 0.429. The molecular formula is C21H26N4O. The number of benzene rings is 1. The predicted molar refractivity (Wildman–Crippen MR) is 105 cm³/mol. The van der Waals surface area contributed by atoms with Gasteiger partial charge in [0.2, 0.25) is 0 Å². The molecule has 1 aliphatic rings. The second-order valence-corrected chi connectivity index (χ2v) is 7.32. The van der Waals surface area contributed by atoms with Gasteiger partial charge in [0.15, 0.2) is 0 Å². The minimum absolute atomic E-state index is 0.0534. The van der Waals surface area contributed by atoms with E-state index in [-0.39, 0.29) is 5.91 Å². The second-order valence-electron chi connectivity index (χ2n) is 7.32. The number of aromatic nitrogens is 2. The van der Waals surface area contributed by atoms with Gasteiger partial charge in [0, 0.05) is 36.1 Å². The third-order valence-corrected chi connectivity index (χ3v) is 5.56. The highest BCUT2D eigenvalue weighted by molar-refractivity contribution is 6.07. The summed E-state index contributed by atoms with van der Waals surface area (Å²) < 4.78 is 0. The first-order chi connectivity index (χ1) is 12.7. The third-order valence-electron chi connectivity index (χ3n) is 5.56. The molecule has 0 spiro atoms. The molecular weight excluding hydrogens is 324 g/mol. The Hall–Kier alpha value is -2.40. The lowest BCUT2D eigenvalue weighted by Gasteiger charge is -2.31. The first kappa shape index (κ1) is 17.0. The van der Waals surface area contributed by atoms with E-state index in [4.69, 9.17) is 0 Å². The number of carbonyl (C=O) groups excluding carboxylic acids is 1. The van der Waals surface area contributed by atoms with Crippen molar-refractivity contribution in [3.8, 4) is 0 Å². The zero-order valence-corrected chi connectivity index (χ0v) is 15.3. The molecule has 1 aromatic carbocycles. The number of carbonyl (C=O) groups is 1. The Morgan fingerprint density at radius 3 is 2.88 bits per heavy atom. The standard InChI is InChI=1S/C21H26N4O/c1-25(17-7-3-2-4-8-17)13-12-23-21(26)18-14-16-10-9-15-6-5-11-22-19(15)20(16)24-18/h5-6,9-11,14,17,24H,2-4,7-8,12-13H2,1H3,(H,23,26). The largest absolute Gasteiger partial charge is 0.349 e. The molecule has 0 saturated heterocycles. The quantitative estimate of drug-likeness (QED) is 0.737. The van der Waals surface area contributed by atoms with E-state index < -0.39 is 0 Å². The first-order valence-corrected chi connectivity index (χ1v) is 9.57. The van der Waals surface area contributed by atoms with E-state index in [1.54, 1.807) is 6.20 Å². The number of amides is 1. The average Bonchev–Trinajstić information content (AvgIpc) is 3.13. The van der Waals surface area contributed by atoms with Crippen LogP contribution in [0.5, 0.6) is 0 Å². The van der Waals surface area contributed by atoms with Crippen molar-refractivity contribution in [1.29, 1.82) is 0 Å². The molecule has 0 unspecified atom stereocenters. The Kier molecular flexibility index (Phi) is 4.89. The van der Waals surface area contributed by atoms with Crippen LogP contribution >= 0.6 is 0 Å². The van der Waals surface area contributed by atoms with Crippen LogP contribution in [0.2, 0.25) is 0 Å². The molecule has 5 nitrogen and oxygen atoms in total. The Labute approximate surface area is 153 Å². The predicted octanol–water partition coefficient (Wildman–Crippen LogP) is 3.71. The van der Waals surface area contributed by atoms with Gasteiger partial charge in [0.25, 0.3) is 5.91 Å². The van der Waals surface area contributed by atoms with Crippen molar-refractivity contribution in [2.45, 2.75) is 38.1 Å². The molecule has 0 aliphatic heterocycles. The summed E-state index contributed by atoms with van der Waals surface area (Å²) in [6, 6.07) is 10.6. The van der Waals surface area contributed by atoms with E-state index in [0.717, 1.165) is 28.4 Å². The van der Waals surface area contributed by atoms with Crippen LogP contribution in [0.25, 0.3) is 21.8 Å². The van der Waals surface area contributed by atoms with Gasteiger partial charge in [-0.25, -0.2) is 0 Å². The maximum Gasteiger partial charge on any atom is 0.267 e. The van der Waals surface area contributed by atoms with Crippen molar-refractivity contribution < 1.29 is 4.79 Å². The number of rotatable bonds is 5. The molecule has 2 aromatic heterocycles. The normalized spacial score (nSPS) is 15.8. The number of H-pyrrole nitrogens is 1. The van der Waals surface area contributed by atoms with E-state index >= 15 is 0 Å². The smallest absolute Gasteiger partial charge is 0.267 e. The average molecular weight is 350 g/mol. The number of hydrogen-bond acceptors (Lipinski definition) is 3. The Balaban J connectivity index is 1.41. The summed E-state index contributed by atoms with van der Waals surface area (Å²) >= 11 is 0. The van der Waals surface area contributed by atoms with Crippen LogP contribution in [0.3, 0.4) is 0 Å². The molecule has 3 aromatic rings. The van der Waals surface area contributed by atoms with Crippen LogP contribution in [0, 0.1) is 0 Å². The fourth-order valence-corrected chi connectivity index (χ4v) is 4.01. The molecule has 4 rings (SSSR count). The summed E-state index contributed by atoms with van der Waals surface area (Å²) in [7, 11) is 2.17. The highest BCUT2D eigenvalue weighted by Crippen LogP contribution is 2.24. The number of pyridine rings is 1. The Bertz CT molecular complexity index is 911. The Morgan fingerprint density at radius 2 is 2.04 bits per heavy atom. The summed E-state index contributed by atoms with van der Waals surface area (Å²) in [4.78, 5) is 22.6. The van der Waals surface area contributed by atoms with E-state index in [1.807, 2.05) is 30.3 Å². The Morgan fingerprint density at radius 1 is 1.23 bits per heavy atom. The van der Waals surface area contributed by atoms with Gasteiger partial charge in [-0.15, -0.1) is 0 Å². The molecule has 1 saturated carbocycles. The van der Waals surface area contributed by atoms with Gasteiger partial charge in [-0.2, -0.15) is 0 Å². The van der Waals surface area contributed by atoms with Crippen LogP contribution in [0.1, 0.15) is 42.6 Å². The molecule has 26 heavy (non-hydrogen) atoms. The van der Waals surface area contributed by atoms with E-state index in [1.165, 1.54) is 32.1 Å². The lowest BCUT2D eigenvalue weighted by atomic mass is 9.94. The summed E-state index contributed by atoms with van der Waals surface area (Å²) in [5.74, 6) is -0.0534. The second kappa shape index (κ2) is 7.46. The van der Waals surface area contributed by atoms with Crippen molar-refractivity contribution in [2.75, 3.05) is 20.1 Å². The fourth-order valence-electron chi connectivity index (χ4n) is 4.01.